The van der Waals surface area contributed by atoms with Gasteiger partial charge in [0.05, 0.1) is 6.10 Å². The second kappa shape index (κ2) is 5.67. The zero-order chi connectivity index (χ0) is 14.8. The van der Waals surface area contributed by atoms with Gasteiger partial charge in [-0.25, -0.2) is 0 Å². The number of carbonyl (C=O) groups excluding carboxylic acids is 1. The molecule has 0 saturated heterocycles. The van der Waals surface area contributed by atoms with Gasteiger partial charge < -0.3 is 14.9 Å². The van der Waals surface area contributed by atoms with Crippen LogP contribution in [0, 0.1) is 6.92 Å². The lowest BCUT2D eigenvalue weighted by atomic mass is 10.1. The van der Waals surface area contributed by atoms with E-state index >= 15 is 0 Å². The van der Waals surface area contributed by atoms with Crippen LogP contribution >= 0.6 is 11.3 Å². The molecule has 5 nitrogen and oxygen atoms in total. The van der Waals surface area contributed by atoms with Gasteiger partial charge in [-0.15, -0.1) is 11.3 Å². The van der Waals surface area contributed by atoms with Crippen LogP contribution in [0.25, 0.3) is 10.1 Å². The largest absolute Gasteiger partial charge is 0.387 e. The van der Waals surface area contributed by atoms with Crippen molar-refractivity contribution in [1.29, 1.82) is 0 Å². The number of hydrogen-bond donors (Lipinski definition) is 2. The fourth-order valence-corrected chi connectivity index (χ4v) is 3.13. The molecule has 0 aliphatic carbocycles. The van der Waals surface area contributed by atoms with E-state index in [1.807, 2.05) is 29.6 Å². The van der Waals surface area contributed by atoms with E-state index in [0.29, 0.717) is 5.76 Å². The first-order chi connectivity index (χ1) is 10.1. The molecule has 0 bridgehead atoms. The van der Waals surface area contributed by atoms with Crippen molar-refractivity contribution < 1.29 is 14.4 Å². The number of hydrogen-bond acceptors (Lipinski definition) is 5. The van der Waals surface area contributed by atoms with Gasteiger partial charge in [0.25, 0.3) is 5.91 Å². The molecule has 3 rings (SSSR count). The topological polar surface area (TPSA) is 75.4 Å². The monoisotopic (exact) mass is 302 g/mol. The average Bonchev–Trinajstić information content (AvgIpc) is 3.10. The molecule has 0 spiro atoms. The summed E-state index contributed by atoms with van der Waals surface area (Å²) in [6.07, 6.45) is -0.752. The molecule has 0 aliphatic heterocycles. The van der Waals surface area contributed by atoms with Crippen molar-refractivity contribution in [3.8, 4) is 0 Å². The Labute approximate surface area is 125 Å². The molecule has 1 amide bonds. The molecule has 6 heteroatoms. The van der Waals surface area contributed by atoms with Gasteiger partial charge >= 0.3 is 0 Å². The number of benzene rings is 1. The molecule has 108 valence electrons. The van der Waals surface area contributed by atoms with Crippen LogP contribution in [0.5, 0.6) is 0 Å². The first kappa shape index (κ1) is 13.8. The van der Waals surface area contributed by atoms with Crippen molar-refractivity contribution in [3.05, 3.63) is 52.7 Å². The minimum atomic E-state index is -0.752. The summed E-state index contributed by atoms with van der Waals surface area (Å²) in [5.41, 5.74) is 1.04. The van der Waals surface area contributed by atoms with Gasteiger partial charge in [-0.05, 0) is 23.8 Å². The molecular weight excluding hydrogens is 288 g/mol. The number of thiophene rings is 1. The quantitative estimate of drug-likeness (QED) is 0.777. The Morgan fingerprint density at radius 2 is 2.29 bits per heavy atom. The van der Waals surface area contributed by atoms with Gasteiger partial charge in [0, 0.05) is 22.9 Å². The highest BCUT2D eigenvalue weighted by Crippen LogP contribution is 2.29. The minimum Gasteiger partial charge on any atom is -0.387 e. The van der Waals surface area contributed by atoms with Crippen molar-refractivity contribution in [2.45, 2.75) is 13.0 Å². The normalized spacial score (nSPS) is 12.5. The number of aliphatic hydroxyl groups excluding tert-OH is 1. The summed E-state index contributed by atoms with van der Waals surface area (Å²) in [4.78, 5) is 11.9. The second-order valence-corrected chi connectivity index (χ2v) is 5.65. The highest BCUT2D eigenvalue weighted by atomic mass is 32.1. The van der Waals surface area contributed by atoms with Gasteiger partial charge in [0.1, 0.15) is 5.76 Å². The minimum absolute atomic E-state index is 0.130. The molecule has 1 atom stereocenters. The standard InChI is InChI=1S/C15H14N2O3S/c1-9-6-12(17-20-9)15(19)16-7-13(18)11-8-21-14-5-3-2-4-10(11)14/h2-6,8,13,18H,7H2,1H3,(H,16,19)/t13-/m1/s1. The zero-order valence-electron chi connectivity index (χ0n) is 11.4. The van der Waals surface area contributed by atoms with Gasteiger partial charge in [0.2, 0.25) is 0 Å². The van der Waals surface area contributed by atoms with Crippen molar-refractivity contribution in [2.24, 2.45) is 0 Å². The number of nitrogens with zero attached hydrogens (tertiary/aromatic N) is 1. The highest BCUT2D eigenvalue weighted by molar-refractivity contribution is 7.17. The van der Waals surface area contributed by atoms with E-state index in [9.17, 15) is 9.90 Å². The Bertz CT molecular complexity index is 778. The highest BCUT2D eigenvalue weighted by Gasteiger charge is 2.16. The predicted octanol–water partition coefficient (Wildman–Crippen LogP) is 2.66. The van der Waals surface area contributed by atoms with E-state index in [0.717, 1.165) is 15.6 Å². The molecular formula is C15H14N2O3S. The summed E-state index contributed by atoms with van der Waals surface area (Å²) >= 11 is 1.58. The number of nitrogens with one attached hydrogen (secondary N) is 1. The summed E-state index contributed by atoms with van der Waals surface area (Å²) in [7, 11) is 0. The fourth-order valence-electron chi connectivity index (χ4n) is 2.12. The summed E-state index contributed by atoms with van der Waals surface area (Å²) in [6, 6.07) is 9.42. The van der Waals surface area contributed by atoms with Crippen molar-refractivity contribution in [3.63, 3.8) is 0 Å². The smallest absolute Gasteiger partial charge is 0.273 e. The predicted molar refractivity (Wildman–Crippen MR) is 80.4 cm³/mol. The molecule has 2 N–H and O–H groups in total. The molecule has 0 saturated carbocycles. The molecule has 2 heterocycles. The third kappa shape index (κ3) is 2.81. The van der Waals surface area contributed by atoms with E-state index in [1.165, 1.54) is 0 Å². The first-order valence-corrected chi connectivity index (χ1v) is 7.39. The van der Waals surface area contributed by atoms with Crippen molar-refractivity contribution in [2.75, 3.05) is 6.54 Å². The lowest BCUT2D eigenvalue weighted by molar-refractivity contribution is 0.0908. The maximum absolute atomic E-state index is 11.9. The summed E-state index contributed by atoms with van der Waals surface area (Å²) in [5.74, 6) is 0.218. The molecule has 0 unspecified atom stereocenters. The Kier molecular flexibility index (Phi) is 3.72. The van der Waals surface area contributed by atoms with Crippen molar-refractivity contribution >= 4 is 27.3 Å². The second-order valence-electron chi connectivity index (χ2n) is 4.74. The van der Waals surface area contributed by atoms with Crippen LogP contribution in [0.2, 0.25) is 0 Å². The summed E-state index contributed by atoms with van der Waals surface area (Å²) in [6.45, 7) is 1.85. The van der Waals surface area contributed by atoms with Crippen LogP contribution in [0.4, 0.5) is 0 Å². The molecule has 2 aromatic heterocycles. The van der Waals surface area contributed by atoms with Gasteiger partial charge in [-0.2, -0.15) is 0 Å². The molecule has 21 heavy (non-hydrogen) atoms. The van der Waals surface area contributed by atoms with E-state index in [4.69, 9.17) is 4.52 Å². The first-order valence-electron chi connectivity index (χ1n) is 6.51. The van der Waals surface area contributed by atoms with Gasteiger partial charge in [0.15, 0.2) is 5.69 Å². The Morgan fingerprint density at radius 1 is 1.48 bits per heavy atom. The lowest BCUT2D eigenvalue weighted by Gasteiger charge is -2.10. The third-order valence-corrected chi connectivity index (χ3v) is 4.17. The van der Waals surface area contributed by atoms with E-state index in [-0.39, 0.29) is 18.1 Å². The van der Waals surface area contributed by atoms with E-state index < -0.39 is 6.10 Å². The maximum Gasteiger partial charge on any atom is 0.273 e. The maximum atomic E-state index is 11.9. The fraction of sp³-hybridized carbons (Fsp3) is 0.200. The van der Waals surface area contributed by atoms with Crippen LogP contribution < -0.4 is 5.32 Å². The molecule has 3 aromatic rings. The molecule has 0 radical (unpaired) electrons. The lowest BCUT2D eigenvalue weighted by Crippen LogP contribution is -2.28. The van der Waals surface area contributed by atoms with Crippen LogP contribution in [0.15, 0.2) is 40.2 Å². The van der Waals surface area contributed by atoms with Crippen LogP contribution in [-0.2, 0) is 0 Å². The van der Waals surface area contributed by atoms with Crippen molar-refractivity contribution in [1.82, 2.24) is 10.5 Å². The molecule has 0 fully saturated rings. The molecule has 1 aromatic carbocycles. The number of fused-ring (bicyclic) bond motifs is 1. The van der Waals surface area contributed by atoms with Crippen LogP contribution in [0.1, 0.15) is 27.9 Å². The number of aromatic nitrogens is 1. The Hall–Kier alpha value is -2.18. The van der Waals surface area contributed by atoms with Gasteiger partial charge in [-0.3, -0.25) is 4.79 Å². The number of rotatable bonds is 4. The molecule has 0 aliphatic rings. The summed E-state index contributed by atoms with van der Waals surface area (Å²) in [5, 5.41) is 19.5. The van der Waals surface area contributed by atoms with Crippen LogP contribution in [-0.4, -0.2) is 22.7 Å². The summed E-state index contributed by atoms with van der Waals surface area (Å²) < 4.78 is 5.97. The van der Waals surface area contributed by atoms with E-state index in [2.05, 4.69) is 10.5 Å². The van der Waals surface area contributed by atoms with Crippen LogP contribution in [0.3, 0.4) is 0 Å². The Balaban J connectivity index is 1.69. The number of amides is 1. The Morgan fingerprint density at radius 3 is 3.05 bits per heavy atom. The SMILES string of the molecule is Cc1cc(C(=O)NC[C@@H](O)c2csc3ccccc23)no1. The third-order valence-electron chi connectivity index (χ3n) is 3.19. The average molecular weight is 302 g/mol. The van der Waals surface area contributed by atoms with E-state index in [1.54, 1.807) is 24.3 Å². The zero-order valence-corrected chi connectivity index (χ0v) is 12.2. The number of aliphatic hydroxyl groups is 1. The number of carbonyl (C=O) groups is 1. The number of aryl methyl sites for hydroxylation is 1. The van der Waals surface area contributed by atoms with Gasteiger partial charge in [-0.1, -0.05) is 23.4 Å².